The van der Waals surface area contributed by atoms with Gasteiger partial charge in [0, 0.05) is 29.4 Å². The van der Waals surface area contributed by atoms with Crippen molar-refractivity contribution in [1.82, 2.24) is 9.71 Å². The van der Waals surface area contributed by atoms with Gasteiger partial charge in [-0.25, -0.2) is 13.1 Å². The molecule has 28 heavy (non-hydrogen) atoms. The van der Waals surface area contributed by atoms with Gasteiger partial charge in [0.1, 0.15) is 0 Å². The first kappa shape index (κ1) is 21.1. The molecule has 1 heterocycles. The molecular weight excluding hydrogens is 370 g/mol. The third-order valence-electron chi connectivity index (χ3n) is 6.17. The van der Waals surface area contributed by atoms with E-state index in [9.17, 15) is 8.42 Å². The molecule has 1 saturated carbocycles. The van der Waals surface area contributed by atoms with E-state index in [4.69, 9.17) is 0 Å². The van der Waals surface area contributed by atoms with Gasteiger partial charge in [0.05, 0.1) is 10.3 Å². The van der Waals surface area contributed by atoms with E-state index in [1.165, 1.54) is 0 Å². The lowest BCUT2D eigenvalue weighted by Crippen LogP contribution is -2.47. The number of rotatable bonds is 7. The number of hydrogen-bond acceptors (Lipinski definition) is 4. The Labute approximate surface area is 169 Å². The molecular formula is C22H33N3O2S. The van der Waals surface area contributed by atoms with Crippen LogP contribution in [0.3, 0.4) is 0 Å². The van der Waals surface area contributed by atoms with Gasteiger partial charge in [0.15, 0.2) is 0 Å². The lowest BCUT2D eigenvalue weighted by atomic mass is 9.86. The highest BCUT2D eigenvalue weighted by Crippen LogP contribution is 2.28. The van der Waals surface area contributed by atoms with Crippen LogP contribution < -0.4 is 10.0 Å². The molecule has 3 rings (SSSR count). The minimum Gasteiger partial charge on any atom is -0.385 e. The normalized spacial score (nSPS) is 21.0. The number of fused-ring (bicyclic) bond motifs is 1. The van der Waals surface area contributed by atoms with Crippen molar-refractivity contribution in [2.75, 3.05) is 11.9 Å². The minimum absolute atomic E-state index is 0.0713. The van der Waals surface area contributed by atoms with Crippen molar-refractivity contribution >= 4 is 26.6 Å². The van der Waals surface area contributed by atoms with E-state index in [1.54, 1.807) is 13.8 Å². The van der Waals surface area contributed by atoms with E-state index in [1.807, 2.05) is 19.9 Å². The second-order valence-corrected chi connectivity index (χ2v) is 11.0. The number of sulfonamides is 1. The summed E-state index contributed by atoms with van der Waals surface area (Å²) in [4.78, 5) is 4.54. The third-order valence-corrected chi connectivity index (χ3v) is 8.56. The highest BCUT2D eigenvalue weighted by Gasteiger charge is 2.35. The number of nitrogens with zero attached hydrogens (tertiary/aromatic N) is 1. The molecule has 6 heteroatoms. The summed E-state index contributed by atoms with van der Waals surface area (Å²) in [6.45, 7) is 8.44. The molecule has 1 fully saturated rings. The van der Waals surface area contributed by atoms with Crippen LogP contribution in [0.1, 0.15) is 58.6 Å². The molecule has 1 aliphatic carbocycles. The van der Waals surface area contributed by atoms with E-state index >= 15 is 0 Å². The molecule has 154 valence electrons. The SMILES string of the molecule is CCC(C)(C)S(=O)(=O)NC1CCC(CNc2ccc3nc(C)ccc3c2)CC1. The number of aryl methyl sites for hydroxylation is 1. The average Bonchev–Trinajstić information content (AvgIpc) is 2.67. The first-order chi connectivity index (χ1) is 13.2. The number of benzene rings is 1. The summed E-state index contributed by atoms with van der Waals surface area (Å²) in [7, 11) is -3.28. The first-order valence-electron chi connectivity index (χ1n) is 10.3. The summed E-state index contributed by atoms with van der Waals surface area (Å²) in [5.74, 6) is 0.576. The average molecular weight is 404 g/mol. The topological polar surface area (TPSA) is 71.1 Å². The Morgan fingerprint density at radius 3 is 2.50 bits per heavy atom. The molecule has 0 spiro atoms. The van der Waals surface area contributed by atoms with Crippen molar-refractivity contribution in [1.29, 1.82) is 0 Å². The Kier molecular flexibility index (Phi) is 6.30. The Bertz CT molecular complexity index is 917. The molecule has 1 aromatic carbocycles. The van der Waals surface area contributed by atoms with Crippen LogP contribution in [0.5, 0.6) is 0 Å². The monoisotopic (exact) mass is 403 g/mol. The van der Waals surface area contributed by atoms with E-state index in [0.717, 1.165) is 54.5 Å². The minimum atomic E-state index is -3.28. The Balaban J connectivity index is 1.50. The van der Waals surface area contributed by atoms with Crippen LogP contribution in [0, 0.1) is 12.8 Å². The number of hydrogen-bond donors (Lipinski definition) is 2. The van der Waals surface area contributed by atoms with Gasteiger partial charge in [-0.3, -0.25) is 4.98 Å². The second-order valence-electron chi connectivity index (χ2n) is 8.69. The van der Waals surface area contributed by atoms with Crippen molar-refractivity contribution < 1.29 is 8.42 Å². The summed E-state index contributed by atoms with van der Waals surface area (Å²) in [5, 5.41) is 4.70. The molecule has 0 amide bonds. The van der Waals surface area contributed by atoms with Gasteiger partial charge >= 0.3 is 0 Å². The predicted octanol–water partition coefficient (Wildman–Crippen LogP) is 4.62. The fourth-order valence-electron chi connectivity index (χ4n) is 3.65. The second kappa shape index (κ2) is 8.37. The fourth-order valence-corrected chi connectivity index (χ4v) is 5.03. The Morgan fingerprint density at radius 2 is 1.82 bits per heavy atom. The zero-order chi connectivity index (χ0) is 20.4. The van der Waals surface area contributed by atoms with Crippen LogP contribution in [-0.4, -0.2) is 30.7 Å². The van der Waals surface area contributed by atoms with Gasteiger partial charge < -0.3 is 5.32 Å². The van der Waals surface area contributed by atoms with Crippen LogP contribution in [0.15, 0.2) is 30.3 Å². The number of nitrogens with one attached hydrogen (secondary N) is 2. The van der Waals surface area contributed by atoms with Crippen LogP contribution in [0.4, 0.5) is 5.69 Å². The van der Waals surface area contributed by atoms with Crippen LogP contribution >= 0.6 is 0 Å². The van der Waals surface area contributed by atoms with E-state index in [2.05, 4.69) is 39.3 Å². The third kappa shape index (κ3) is 4.84. The molecule has 0 unspecified atom stereocenters. The zero-order valence-electron chi connectivity index (χ0n) is 17.5. The first-order valence-corrected chi connectivity index (χ1v) is 11.8. The smallest absolute Gasteiger partial charge is 0.217 e. The summed E-state index contributed by atoms with van der Waals surface area (Å²) in [6.07, 6.45) is 4.52. The number of pyridine rings is 1. The highest BCUT2D eigenvalue weighted by atomic mass is 32.2. The van der Waals surface area contributed by atoms with E-state index in [-0.39, 0.29) is 6.04 Å². The number of anilines is 1. The quantitative estimate of drug-likeness (QED) is 0.707. The maximum atomic E-state index is 12.5. The van der Waals surface area contributed by atoms with Crippen molar-refractivity contribution in [3.8, 4) is 0 Å². The molecule has 0 atom stereocenters. The molecule has 0 saturated heterocycles. The Morgan fingerprint density at radius 1 is 1.11 bits per heavy atom. The summed E-state index contributed by atoms with van der Waals surface area (Å²) < 4.78 is 27.3. The lowest BCUT2D eigenvalue weighted by Gasteiger charge is -2.32. The zero-order valence-corrected chi connectivity index (χ0v) is 18.3. The van der Waals surface area contributed by atoms with Crippen molar-refractivity contribution in [3.05, 3.63) is 36.0 Å². The van der Waals surface area contributed by atoms with Gasteiger partial charge in [-0.2, -0.15) is 0 Å². The van der Waals surface area contributed by atoms with Crippen LogP contribution in [-0.2, 0) is 10.0 Å². The highest BCUT2D eigenvalue weighted by molar-refractivity contribution is 7.90. The molecule has 0 aliphatic heterocycles. The standard InChI is InChI=1S/C22H33N3O2S/c1-5-22(3,4)28(26,27)25-19-10-7-17(8-11-19)15-23-20-12-13-21-18(14-20)9-6-16(2)24-21/h6,9,12-14,17,19,23,25H,5,7-8,10-11,15H2,1-4H3. The van der Waals surface area contributed by atoms with Crippen LogP contribution in [0.2, 0.25) is 0 Å². The largest absolute Gasteiger partial charge is 0.385 e. The molecule has 5 nitrogen and oxygen atoms in total. The summed E-state index contributed by atoms with van der Waals surface area (Å²) in [5.41, 5.74) is 3.17. The summed E-state index contributed by atoms with van der Waals surface area (Å²) in [6, 6.07) is 10.5. The van der Waals surface area contributed by atoms with E-state index < -0.39 is 14.8 Å². The number of aromatic nitrogens is 1. The molecule has 1 aliphatic rings. The molecule has 1 aromatic heterocycles. The van der Waals surface area contributed by atoms with Gasteiger partial charge in [0.25, 0.3) is 0 Å². The van der Waals surface area contributed by atoms with Crippen molar-refractivity contribution in [3.63, 3.8) is 0 Å². The van der Waals surface area contributed by atoms with Gasteiger partial charge in [-0.1, -0.05) is 13.0 Å². The molecule has 0 bridgehead atoms. The maximum Gasteiger partial charge on any atom is 0.217 e. The molecule has 0 radical (unpaired) electrons. The maximum absolute atomic E-state index is 12.5. The van der Waals surface area contributed by atoms with Gasteiger partial charge in [-0.15, -0.1) is 0 Å². The predicted molar refractivity (Wildman–Crippen MR) is 117 cm³/mol. The van der Waals surface area contributed by atoms with Crippen molar-refractivity contribution in [2.24, 2.45) is 5.92 Å². The summed E-state index contributed by atoms with van der Waals surface area (Å²) >= 11 is 0. The lowest BCUT2D eigenvalue weighted by molar-refractivity contribution is 0.322. The van der Waals surface area contributed by atoms with Gasteiger partial charge in [-0.05, 0) is 83.1 Å². The van der Waals surface area contributed by atoms with E-state index in [0.29, 0.717) is 12.3 Å². The van der Waals surface area contributed by atoms with Crippen molar-refractivity contribution in [2.45, 2.75) is 70.6 Å². The molecule has 2 aromatic rings. The van der Waals surface area contributed by atoms with Crippen LogP contribution in [0.25, 0.3) is 10.9 Å². The van der Waals surface area contributed by atoms with Gasteiger partial charge in [0.2, 0.25) is 10.0 Å². The fraction of sp³-hybridized carbons (Fsp3) is 0.591. The molecule has 2 N–H and O–H groups in total. The Hall–Kier alpha value is -1.66.